The van der Waals surface area contributed by atoms with Crippen molar-refractivity contribution in [3.05, 3.63) is 59.7 Å². The summed E-state index contributed by atoms with van der Waals surface area (Å²) in [5, 5.41) is 16.3. The summed E-state index contributed by atoms with van der Waals surface area (Å²) in [6, 6.07) is 16.2. The molecule has 2 aromatic carbocycles. The fourth-order valence-electron chi connectivity index (χ4n) is 3.87. The van der Waals surface area contributed by atoms with E-state index in [-0.39, 0.29) is 30.2 Å². The number of aliphatic hydroxyl groups excluding tert-OH is 1. The van der Waals surface area contributed by atoms with Crippen molar-refractivity contribution in [1.82, 2.24) is 10.6 Å². The fraction of sp³-hybridized carbons (Fsp3) is 0.455. The van der Waals surface area contributed by atoms with Crippen LogP contribution in [0.2, 0.25) is 0 Å². The predicted molar refractivity (Wildman–Crippen MR) is 127 cm³/mol. The van der Waals surface area contributed by atoms with Crippen LogP contribution in [-0.4, -0.2) is 52.6 Å². The number of hydrogen-bond donors (Lipinski definition) is 3. The summed E-state index contributed by atoms with van der Waals surface area (Å²) in [5.74, 6) is 0.398. The predicted octanol–water partition coefficient (Wildman–Crippen LogP) is 2.46. The second-order valence-corrected chi connectivity index (χ2v) is 9.60. The van der Waals surface area contributed by atoms with Gasteiger partial charge in [0.1, 0.15) is 5.75 Å². The van der Waals surface area contributed by atoms with E-state index in [9.17, 15) is 8.42 Å². The first-order valence-corrected chi connectivity index (χ1v) is 11.8. The Balaban J connectivity index is 0.00000341. The standard InChI is InChI=1S/C22H31N3O4S.ClH/c1-25(30(27,28)14-13-26)19-10-11-21(29-2)18(15-19)16-24-20-9-6-12-23-22(20)17-7-4-3-5-8-17;/h3-5,7-8,10-11,15,20,22-24,26H,6,9,12-14,16H2,1-2H3;1H. The van der Waals surface area contributed by atoms with Crippen LogP contribution in [0.25, 0.3) is 0 Å². The van der Waals surface area contributed by atoms with Gasteiger partial charge in [-0.05, 0) is 43.1 Å². The van der Waals surface area contributed by atoms with Crippen LogP contribution in [0.3, 0.4) is 0 Å². The molecule has 0 radical (unpaired) electrons. The minimum atomic E-state index is -3.57. The van der Waals surface area contributed by atoms with Crippen LogP contribution in [-0.2, 0) is 16.6 Å². The van der Waals surface area contributed by atoms with Gasteiger partial charge in [0.25, 0.3) is 0 Å². The average molecular weight is 470 g/mol. The highest BCUT2D eigenvalue weighted by molar-refractivity contribution is 7.92. The maximum absolute atomic E-state index is 12.3. The van der Waals surface area contributed by atoms with Crippen molar-refractivity contribution in [3.63, 3.8) is 0 Å². The number of nitrogens with zero attached hydrogens (tertiary/aromatic N) is 1. The summed E-state index contributed by atoms with van der Waals surface area (Å²) in [6.07, 6.45) is 2.15. The first-order valence-electron chi connectivity index (χ1n) is 10.2. The molecule has 0 amide bonds. The smallest absolute Gasteiger partial charge is 0.237 e. The van der Waals surface area contributed by atoms with Gasteiger partial charge in [0.05, 0.1) is 25.2 Å². The number of nitrogens with one attached hydrogen (secondary N) is 2. The van der Waals surface area contributed by atoms with Gasteiger partial charge in [-0.15, -0.1) is 12.4 Å². The zero-order valence-corrected chi connectivity index (χ0v) is 19.6. The molecule has 172 valence electrons. The SMILES string of the molecule is COc1ccc(N(C)S(=O)(=O)CCO)cc1CNC1CCCNC1c1ccccc1.Cl. The van der Waals surface area contributed by atoms with Crippen LogP contribution < -0.4 is 19.7 Å². The second-order valence-electron chi connectivity index (χ2n) is 7.48. The normalized spacial score (nSPS) is 18.8. The Hall–Kier alpha value is -1.84. The van der Waals surface area contributed by atoms with Crippen molar-refractivity contribution in [2.24, 2.45) is 0 Å². The molecule has 0 aromatic heterocycles. The summed E-state index contributed by atoms with van der Waals surface area (Å²) >= 11 is 0. The highest BCUT2D eigenvalue weighted by Gasteiger charge is 2.26. The molecule has 1 aliphatic heterocycles. The highest BCUT2D eigenvalue weighted by Crippen LogP contribution is 2.28. The van der Waals surface area contributed by atoms with E-state index in [4.69, 9.17) is 9.84 Å². The maximum Gasteiger partial charge on any atom is 0.237 e. The highest BCUT2D eigenvalue weighted by atomic mass is 35.5. The van der Waals surface area contributed by atoms with Crippen molar-refractivity contribution < 1.29 is 18.3 Å². The van der Waals surface area contributed by atoms with Crippen LogP contribution in [0, 0.1) is 0 Å². The third-order valence-electron chi connectivity index (χ3n) is 5.57. The van der Waals surface area contributed by atoms with E-state index in [1.807, 2.05) is 12.1 Å². The average Bonchev–Trinajstić information content (AvgIpc) is 2.77. The minimum Gasteiger partial charge on any atom is -0.496 e. The maximum atomic E-state index is 12.3. The molecule has 1 heterocycles. The zero-order chi connectivity index (χ0) is 21.6. The molecule has 2 aromatic rings. The number of rotatable bonds is 9. The van der Waals surface area contributed by atoms with E-state index in [0.717, 1.165) is 24.9 Å². The number of halogens is 1. The van der Waals surface area contributed by atoms with Gasteiger partial charge in [-0.1, -0.05) is 30.3 Å². The topological polar surface area (TPSA) is 90.9 Å². The number of methoxy groups -OCH3 is 1. The molecule has 1 aliphatic rings. The molecular formula is C22H32ClN3O4S. The third-order valence-corrected chi connectivity index (χ3v) is 7.31. The summed E-state index contributed by atoms with van der Waals surface area (Å²) in [4.78, 5) is 0. The number of sulfonamides is 1. The second kappa shape index (κ2) is 11.7. The van der Waals surface area contributed by atoms with Crippen molar-refractivity contribution in [2.75, 3.05) is 37.4 Å². The van der Waals surface area contributed by atoms with Crippen molar-refractivity contribution in [3.8, 4) is 5.75 Å². The van der Waals surface area contributed by atoms with E-state index in [1.165, 1.54) is 16.9 Å². The monoisotopic (exact) mass is 469 g/mol. The Morgan fingerprint density at radius 3 is 2.65 bits per heavy atom. The number of benzene rings is 2. The molecule has 0 saturated carbocycles. The van der Waals surface area contributed by atoms with Crippen molar-refractivity contribution in [2.45, 2.75) is 31.5 Å². The number of piperidine rings is 1. The van der Waals surface area contributed by atoms with Gasteiger partial charge in [-0.25, -0.2) is 8.42 Å². The van der Waals surface area contributed by atoms with E-state index >= 15 is 0 Å². The van der Waals surface area contributed by atoms with Gasteiger partial charge in [0.15, 0.2) is 0 Å². The Bertz CT molecular complexity index is 928. The molecule has 31 heavy (non-hydrogen) atoms. The first kappa shape index (κ1) is 25.4. The Labute approximate surface area is 191 Å². The molecule has 1 saturated heterocycles. The van der Waals surface area contributed by atoms with Gasteiger partial charge in [-0.2, -0.15) is 0 Å². The molecular weight excluding hydrogens is 438 g/mol. The minimum absolute atomic E-state index is 0. The van der Waals surface area contributed by atoms with Crippen LogP contribution in [0.5, 0.6) is 5.75 Å². The van der Waals surface area contributed by atoms with Gasteiger partial charge >= 0.3 is 0 Å². The summed E-state index contributed by atoms with van der Waals surface area (Å²) in [6.45, 7) is 1.14. The van der Waals surface area contributed by atoms with Gasteiger partial charge < -0.3 is 20.5 Å². The molecule has 9 heteroatoms. The van der Waals surface area contributed by atoms with Gasteiger partial charge in [-0.3, -0.25) is 4.31 Å². The molecule has 2 atom stereocenters. The number of aliphatic hydroxyl groups is 1. The molecule has 2 unspecified atom stereocenters. The van der Waals surface area contributed by atoms with Crippen LogP contribution >= 0.6 is 12.4 Å². The lowest BCUT2D eigenvalue weighted by Gasteiger charge is -2.34. The lowest BCUT2D eigenvalue weighted by atomic mass is 9.92. The fourth-order valence-corrected chi connectivity index (χ4v) is 4.81. The lowest BCUT2D eigenvalue weighted by Crippen LogP contribution is -2.45. The van der Waals surface area contributed by atoms with E-state index in [0.29, 0.717) is 18.0 Å². The van der Waals surface area contributed by atoms with Gasteiger partial charge in [0, 0.05) is 31.2 Å². The van der Waals surface area contributed by atoms with Crippen LogP contribution in [0.15, 0.2) is 48.5 Å². The zero-order valence-electron chi connectivity index (χ0n) is 18.0. The largest absolute Gasteiger partial charge is 0.496 e. The number of ether oxygens (including phenoxy) is 1. The molecule has 0 aliphatic carbocycles. The Morgan fingerprint density at radius 2 is 1.97 bits per heavy atom. The number of anilines is 1. The van der Waals surface area contributed by atoms with E-state index in [2.05, 4.69) is 34.9 Å². The molecule has 7 nitrogen and oxygen atoms in total. The molecule has 3 rings (SSSR count). The third kappa shape index (κ3) is 6.33. The quantitative estimate of drug-likeness (QED) is 0.522. The Morgan fingerprint density at radius 1 is 1.23 bits per heavy atom. The van der Waals surface area contributed by atoms with E-state index in [1.54, 1.807) is 19.2 Å². The Kier molecular flexibility index (Phi) is 9.58. The van der Waals surface area contributed by atoms with Crippen LogP contribution in [0.4, 0.5) is 5.69 Å². The van der Waals surface area contributed by atoms with Crippen molar-refractivity contribution >= 4 is 28.1 Å². The summed E-state index contributed by atoms with van der Waals surface area (Å²) in [5.41, 5.74) is 2.69. The van der Waals surface area contributed by atoms with Crippen LogP contribution in [0.1, 0.15) is 30.0 Å². The molecule has 0 bridgehead atoms. The molecule has 3 N–H and O–H groups in total. The number of hydrogen-bond acceptors (Lipinski definition) is 6. The first-order chi connectivity index (χ1) is 14.5. The van der Waals surface area contributed by atoms with Crippen molar-refractivity contribution in [1.29, 1.82) is 0 Å². The lowest BCUT2D eigenvalue weighted by molar-refractivity contribution is 0.303. The summed E-state index contributed by atoms with van der Waals surface area (Å²) in [7, 11) is -0.457. The molecule has 1 fully saturated rings. The molecule has 0 spiro atoms. The van der Waals surface area contributed by atoms with Gasteiger partial charge in [0.2, 0.25) is 10.0 Å². The van der Waals surface area contributed by atoms with E-state index < -0.39 is 16.6 Å². The summed E-state index contributed by atoms with van der Waals surface area (Å²) < 4.78 is 31.3.